The zero-order chi connectivity index (χ0) is 28.8. The predicted molar refractivity (Wildman–Crippen MR) is 174 cm³/mol. The zero-order valence-electron chi connectivity index (χ0n) is 26.3. The lowest BCUT2D eigenvalue weighted by molar-refractivity contribution is -0.137. The zero-order valence-corrected chi connectivity index (χ0v) is 26.3. The van der Waals surface area contributed by atoms with Crippen LogP contribution in [-0.4, -0.2) is 17.7 Å². The Hall–Kier alpha value is -1.77. The largest absolute Gasteiger partial charge is 0.508 e. The van der Waals surface area contributed by atoms with Gasteiger partial charge in [-0.05, 0) is 30.2 Å². The summed E-state index contributed by atoms with van der Waals surface area (Å²) in [4.78, 5) is 11.8. The van der Waals surface area contributed by atoms with E-state index in [-0.39, 0.29) is 11.7 Å². The van der Waals surface area contributed by atoms with Gasteiger partial charge in [-0.25, -0.2) is 4.79 Å². The second-order valence-corrected chi connectivity index (χ2v) is 11.9. The molecule has 40 heavy (non-hydrogen) atoms. The van der Waals surface area contributed by atoms with Crippen LogP contribution in [0.2, 0.25) is 0 Å². The summed E-state index contributed by atoms with van der Waals surface area (Å²) >= 11 is 0. The molecular formula is C37H64O3. The third-order valence-electron chi connectivity index (χ3n) is 8.05. The van der Waals surface area contributed by atoms with Gasteiger partial charge >= 0.3 is 5.97 Å². The van der Waals surface area contributed by atoms with Gasteiger partial charge in [0, 0.05) is 6.08 Å². The lowest BCUT2D eigenvalue weighted by atomic mass is 10.0. The number of carbonyl (C=O) groups is 1. The SMILES string of the molecule is CCCCCCCCCCCCCCCCCCCCCCCCCCCCOC(=O)/C=C\c1ccc(O)cc1. The first kappa shape index (κ1) is 36.3. The molecular weight excluding hydrogens is 492 g/mol. The normalized spacial score (nSPS) is 11.4. The summed E-state index contributed by atoms with van der Waals surface area (Å²) in [6.07, 6.45) is 39.4. The third kappa shape index (κ3) is 25.2. The first-order valence-electron chi connectivity index (χ1n) is 17.4. The predicted octanol–water partition coefficient (Wildman–Crippen LogP) is 12.1. The number of esters is 1. The van der Waals surface area contributed by atoms with Gasteiger partial charge in [-0.2, -0.15) is 0 Å². The van der Waals surface area contributed by atoms with E-state index in [0.29, 0.717) is 6.61 Å². The van der Waals surface area contributed by atoms with Gasteiger partial charge in [0.2, 0.25) is 0 Å². The number of unbranched alkanes of at least 4 members (excludes halogenated alkanes) is 25. The maximum absolute atomic E-state index is 11.8. The van der Waals surface area contributed by atoms with Crippen molar-refractivity contribution in [2.45, 2.75) is 174 Å². The van der Waals surface area contributed by atoms with Crippen molar-refractivity contribution < 1.29 is 14.6 Å². The highest BCUT2D eigenvalue weighted by molar-refractivity contribution is 5.87. The van der Waals surface area contributed by atoms with Gasteiger partial charge < -0.3 is 9.84 Å². The lowest BCUT2D eigenvalue weighted by Crippen LogP contribution is -2.02. The Bertz CT molecular complexity index is 694. The van der Waals surface area contributed by atoms with Crippen molar-refractivity contribution in [3.05, 3.63) is 35.9 Å². The first-order valence-corrected chi connectivity index (χ1v) is 17.4. The van der Waals surface area contributed by atoms with E-state index in [0.717, 1.165) is 18.4 Å². The molecule has 3 nitrogen and oxygen atoms in total. The molecule has 1 aromatic carbocycles. The molecule has 0 radical (unpaired) electrons. The molecule has 1 N–H and O–H groups in total. The summed E-state index contributed by atoms with van der Waals surface area (Å²) in [5, 5.41) is 9.28. The van der Waals surface area contributed by atoms with Gasteiger partial charge in [0.05, 0.1) is 6.61 Å². The number of hydrogen-bond acceptors (Lipinski definition) is 3. The highest BCUT2D eigenvalue weighted by Crippen LogP contribution is 2.16. The van der Waals surface area contributed by atoms with Gasteiger partial charge in [0.15, 0.2) is 0 Å². The van der Waals surface area contributed by atoms with E-state index in [4.69, 9.17) is 4.74 Å². The molecule has 0 aliphatic rings. The Morgan fingerprint density at radius 1 is 0.550 bits per heavy atom. The second-order valence-electron chi connectivity index (χ2n) is 11.9. The van der Waals surface area contributed by atoms with E-state index >= 15 is 0 Å². The van der Waals surface area contributed by atoms with Crippen molar-refractivity contribution in [3.8, 4) is 5.75 Å². The fraction of sp³-hybridized carbons (Fsp3) is 0.757. The van der Waals surface area contributed by atoms with Crippen LogP contribution in [0.15, 0.2) is 30.3 Å². The molecule has 0 aromatic heterocycles. The smallest absolute Gasteiger partial charge is 0.330 e. The summed E-state index contributed by atoms with van der Waals surface area (Å²) < 4.78 is 5.27. The maximum atomic E-state index is 11.8. The molecule has 0 bridgehead atoms. The van der Waals surface area contributed by atoms with Crippen LogP contribution in [0.3, 0.4) is 0 Å². The number of rotatable bonds is 29. The molecule has 0 aliphatic carbocycles. The molecule has 230 valence electrons. The summed E-state index contributed by atoms with van der Waals surface area (Å²) in [7, 11) is 0. The van der Waals surface area contributed by atoms with Gasteiger partial charge in [0.25, 0.3) is 0 Å². The van der Waals surface area contributed by atoms with Crippen LogP contribution in [-0.2, 0) is 9.53 Å². The summed E-state index contributed by atoms with van der Waals surface area (Å²) in [6, 6.07) is 6.74. The van der Waals surface area contributed by atoms with Crippen LogP contribution >= 0.6 is 0 Å². The highest BCUT2D eigenvalue weighted by Gasteiger charge is 1.99. The second kappa shape index (κ2) is 28.7. The van der Waals surface area contributed by atoms with Crippen molar-refractivity contribution in [1.82, 2.24) is 0 Å². The first-order chi connectivity index (χ1) is 19.7. The summed E-state index contributed by atoms with van der Waals surface area (Å²) in [5.74, 6) is -0.0758. The number of ether oxygens (including phenoxy) is 1. The standard InChI is InChI=1S/C37H64O3/c1-2-3-4-5-6-7-8-9-10-11-12-13-14-15-16-17-18-19-20-21-22-23-24-25-26-27-34-40-37(39)33-30-35-28-31-36(38)32-29-35/h28-33,38H,2-27,34H2,1H3/b33-30-. The Labute approximate surface area is 248 Å². The molecule has 0 fully saturated rings. The van der Waals surface area contributed by atoms with Gasteiger partial charge in [-0.3, -0.25) is 0 Å². The van der Waals surface area contributed by atoms with Crippen molar-refractivity contribution in [2.24, 2.45) is 0 Å². The molecule has 0 unspecified atom stereocenters. The van der Waals surface area contributed by atoms with E-state index in [9.17, 15) is 9.90 Å². The monoisotopic (exact) mass is 556 g/mol. The minimum Gasteiger partial charge on any atom is -0.508 e. The molecule has 0 saturated carbocycles. The van der Waals surface area contributed by atoms with E-state index < -0.39 is 0 Å². The van der Waals surface area contributed by atoms with Crippen LogP contribution in [0.25, 0.3) is 6.08 Å². The number of aromatic hydroxyl groups is 1. The number of hydrogen-bond donors (Lipinski definition) is 1. The number of phenolic OH excluding ortho intramolecular Hbond substituents is 1. The average Bonchev–Trinajstić information content (AvgIpc) is 2.96. The number of carbonyl (C=O) groups excluding carboxylic acids is 1. The Balaban J connectivity index is 1.70. The summed E-state index contributed by atoms with van der Waals surface area (Å²) in [5.41, 5.74) is 0.870. The molecule has 3 heteroatoms. The quantitative estimate of drug-likeness (QED) is 0.0606. The van der Waals surface area contributed by atoms with Crippen molar-refractivity contribution in [1.29, 1.82) is 0 Å². The maximum Gasteiger partial charge on any atom is 0.330 e. The minimum absolute atomic E-state index is 0.223. The highest BCUT2D eigenvalue weighted by atomic mass is 16.5. The van der Waals surface area contributed by atoms with E-state index in [1.807, 2.05) is 0 Å². The molecule has 0 heterocycles. The topological polar surface area (TPSA) is 46.5 Å². The van der Waals surface area contributed by atoms with Crippen LogP contribution < -0.4 is 0 Å². The average molecular weight is 557 g/mol. The van der Waals surface area contributed by atoms with Crippen LogP contribution in [0.4, 0.5) is 0 Å². The van der Waals surface area contributed by atoms with Crippen LogP contribution in [0.1, 0.15) is 179 Å². The fourth-order valence-electron chi connectivity index (χ4n) is 5.39. The third-order valence-corrected chi connectivity index (χ3v) is 8.05. The Morgan fingerprint density at radius 3 is 1.23 bits per heavy atom. The molecule has 1 rings (SSSR count). The van der Waals surface area contributed by atoms with Gasteiger partial charge in [-0.15, -0.1) is 0 Å². The molecule has 0 atom stereocenters. The van der Waals surface area contributed by atoms with E-state index in [1.54, 1.807) is 30.3 Å². The molecule has 0 saturated heterocycles. The summed E-state index contributed by atoms with van der Waals surface area (Å²) in [6.45, 7) is 2.79. The fourth-order valence-corrected chi connectivity index (χ4v) is 5.39. The molecule has 0 aliphatic heterocycles. The van der Waals surface area contributed by atoms with Gasteiger partial charge in [-0.1, -0.05) is 180 Å². The van der Waals surface area contributed by atoms with E-state index in [2.05, 4.69) is 6.92 Å². The molecule has 1 aromatic rings. The lowest BCUT2D eigenvalue weighted by Gasteiger charge is -2.05. The Morgan fingerprint density at radius 2 is 0.875 bits per heavy atom. The molecule has 0 amide bonds. The van der Waals surface area contributed by atoms with Gasteiger partial charge in [0.1, 0.15) is 5.75 Å². The van der Waals surface area contributed by atoms with Crippen molar-refractivity contribution >= 4 is 12.0 Å². The van der Waals surface area contributed by atoms with Crippen molar-refractivity contribution in [3.63, 3.8) is 0 Å². The van der Waals surface area contributed by atoms with Crippen LogP contribution in [0, 0.1) is 0 Å². The number of phenols is 1. The number of benzene rings is 1. The Kier molecular flexibility index (Phi) is 26.1. The van der Waals surface area contributed by atoms with Crippen LogP contribution in [0.5, 0.6) is 5.75 Å². The minimum atomic E-state index is -0.298. The van der Waals surface area contributed by atoms with Crippen molar-refractivity contribution in [2.75, 3.05) is 6.61 Å². The molecule has 0 spiro atoms. The van der Waals surface area contributed by atoms with E-state index in [1.165, 1.54) is 160 Å².